The van der Waals surface area contributed by atoms with Crippen LogP contribution in [0.15, 0.2) is 71.6 Å². The summed E-state index contributed by atoms with van der Waals surface area (Å²) in [7, 11) is 1.70. The molecule has 0 unspecified atom stereocenters. The van der Waals surface area contributed by atoms with Crippen LogP contribution >= 0.6 is 22.9 Å². The molecule has 0 fully saturated rings. The van der Waals surface area contributed by atoms with Gasteiger partial charge in [-0.1, -0.05) is 47.2 Å². The number of rotatable bonds is 10. The van der Waals surface area contributed by atoms with Gasteiger partial charge in [-0.15, -0.1) is 0 Å². The number of carbonyl (C=O) groups is 1. The molecule has 1 aromatic heterocycles. The number of amides is 1. The summed E-state index contributed by atoms with van der Waals surface area (Å²) >= 11 is 7.73. The lowest BCUT2D eigenvalue weighted by atomic mass is 10.1. The van der Waals surface area contributed by atoms with Gasteiger partial charge in [-0.2, -0.15) is 0 Å². The molecule has 11 heteroatoms. The van der Waals surface area contributed by atoms with Gasteiger partial charge in [0.2, 0.25) is 0 Å². The summed E-state index contributed by atoms with van der Waals surface area (Å²) in [4.78, 5) is 22.2. The van der Waals surface area contributed by atoms with Crippen molar-refractivity contribution in [1.82, 2.24) is 9.88 Å². The molecule has 1 heterocycles. The number of hydrogen-bond acceptors (Lipinski definition) is 7. The van der Waals surface area contributed by atoms with Crippen molar-refractivity contribution < 1.29 is 17.9 Å². The minimum absolute atomic E-state index is 0.136. The molecule has 1 N–H and O–H groups in total. The molecule has 3 aromatic carbocycles. The topological polar surface area (TPSA) is 91.8 Å². The number of hydrogen-bond donors (Lipinski definition) is 1. The first kappa shape index (κ1) is 26.9. The van der Waals surface area contributed by atoms with Gasteiger partial charge < -0.3 is 9.64 Å². The van der Waals surface area contributed by atoms with Crippen molar-refractivity contribution >= 4 is 59.9 Å². The molecular weight excluding hydrogens is 532 g/mol. The van der Waals surface area contributed by atoms with E-state index in [1.807, 2.05) is 19.0 Å². The summed E-state index contributed by atoms with van der Waals surface area (Å²) in [6.07, 6.45) is 0.708. The molecule has 1 amide bonds. The van der Waals surface area contributed by atoms with E-state index in [1.54, 1.807) is 60.5 Å². The van der Waals surface area contributed by atoms with Crippen LogP contribution in [-0.2, 0) is 10.0 Å². The van der Waals surface area contributed by atoms with Crippen molar-refractivity contribution in [3.63, 3.8) is 0 Å². The van der Waals surface area contributed by atoms with Gasteiger partial charge in [0.25, 0.3) is 15.9 Å². The molecule has 0 saturated heterocycles. The molecule has 0 aliphatic carbocycles. The largest absolute Gasteiger partial charge is 0.494 e. The Morgan fingerprint density at radius 1 is 1.05 bits per heavy atom. The first-order chi connectivity index (χ1) is 17.7. The van der Waals surface area contributed by atoms with Crippen molar-refractivity contribution in [1.29, 1.82) is 0 Å². The molecule has 194 valence electrons. The van der Waals surface area contributed by atoms with Crippen molar-refractivity contribution in [2.24, 2.45) is 0 Å². The molecule has 0 bridgehead atoms. The number of methoxy groups -OCH3 is 1. The van der Waals surface area contributed by atoms with E-state index in [0.29, 0.717) is 39.9 Å². The number of halogens is 1. The number of carbonyl (C=O) groups excluding carboxylic acids is 1. The van der Waals surface area contributed by atoms with E-state index in [9.17, 15) is 13.2 Å². The first-order valence-corrected chi connectivity index (χ1v) is 14.1. The van der Waals surface area contributed by atoms with Crippen LogP contribution < -0.4 is 14.4 Å². The van der Waals surface area contributed by atoms with Crippen LogP contribution in [0.4, 0.5) is 10.8 Å². The third-order valence-corrected chi connectivity index (χ3v) is 8.48. The smallest absolute Gasteiger partial charge is 0.261 e. The summed E-state index contributed by atoms with van der Waals surface area (Å²) in [5.74, 6) is 0.272. The number of thiazole rings is 1. The van der Waals surface area contributed by atoms with Gasteiger partial charge >= 0.3 is 0 Å². The van der Waals surface area contributed by atoms with Crippen LogP contribution in [0.1, 0.15) is 16.8 Å². The first-order valence-electron chi connectivity index (χ1n) is 11.5. The lowest BCUT2D eigenvalue weighted by molar-refractivity contribution is 0.0986. The number of fused-ring (bicyclic) bond motifs is 1. The van der Waals surface area contributed by atoms with Gasteiger partial charge in [0.1, 0.15) is 11.3 Å². The second-order valence-corrected chi connectivity index (χ2v) is 11.6. The molecule has 0 radical (unpaired) electrons. The number of aromatic nitrogens is 1. The fraction of sp³-hybridized carbons (Fsp3) is 0.231. The average molecular weight is 559 g/mol. The van der Waals surface area contributed by atoms with Crippen molar-refractivity contribution in [2.45, 2.75) is 11.3 Å². The normalized spacial score (nSPS) is 11.6. The van der Waals surface area contributed by atoms with Crippen LogP contribution in [0, 0.1) is 0 Å². The average Bonchev–Trinajstić information content (AvgIpc) is 3.33. The highest BCUT2D eigenvalue weighted by Gasteiger charge is 2.24. The Hall–Kier alpha value is -3.18. The Morgan fingerprint density at radius 2 is 1.81 bits per heavy atom. The van der Waals surface area contributed by atoms with Crippen LogP contribution in [0.3, 0.4) is 0 Å². The van der Waals surface area contributed by atoms with Gasteiger partial charge in [0.05, 0.1) is 21.7 Å². The monoisotopic (exact) mass is 558 g/mol. The predicted octanol–water partition coefficient (Wildman–Crippen LogP) is 5.36. The SMILES string of the molecule is COc1ccc(Cl)c2sc(N(CCCN(C)C)C(=O)c3cccc(NS(=O)(=O)c4ccccc4)c3)nc12. The second kappa shape index (κ2) is 11.5. The maximum absolute atomic E-state index is 13.8. The lowest BCUT2D eigenvalue weighted by Gasteiger charge is -2.21. The van der Waals surface area contributed by atoms with Gasteiger partial charge in [-0.3, -0.25) is 14.4 Å². The zero-order valence-corrected chi connectivity index (χ0v) is 23.0. The molecule has 4 rings (SSSR count). The quantitative estimate of drug-likeness (QED) is 0.282. The predicted molar refractivity (Wildman–Crippen MR) is 150 cm³/mol. The van der Waals surface area contributed by atoms with Crippen LogP contribution in [-0.4, -0.2) is 58.5 Å². The minimum Gasteiger partial charge on any atom is -0.494 e. The van der Waals surface area contributed by atoms with E-state index in [2.05, 4.69) is 4.72 Å². The summed E-state index contributed by atoms with van der Waals surface area (Å²) in [6, 6.07) is 18.0. The highest BCUT2D eigenvalue weighted by molar-refractivity contribution is 7.92. The lowest BCUT2D eigenvalue weighted by Crippen LogP contribution is -2.33. The van der Waals surface area contributed by atoms with E-state index >= 15 is 0 Å². The molecule has 37 heavy (non-hydrogen) atoms. The molecule has 0 atom stereocenters. The third-order valence-electron chi connectivity index (χ3n) is 5.55. The van der Waals surface area contributed by atoms with Gasteiger partial charge in [-0.25, -0.2) is 13.4 Å². The molecule has 0 saturated carbocycles. The second-order valence-electron chi connectivity index (χ2n) is 8.54. The highest BCUT2D eigenvalue weighted by atomic mass is 35.5. The number of benzene rings is 3. The molecule has 0 aliphatic rings. The maximum atomic E-state index is 13.8. The number of nitrogens with zero attached hydrogens (tertiary/aromatic N) is 3. The molecule has 4 aromatic rings. The molecule has 8 nitrogen and oxygen atoms in total. The zero-order chi connectivity index (χ0) is 26.6. The Labute approximate surface area is 225 Å². The van der Waals surface area contributed by atoms with Crippen LogP contribution in [0.2, 0.25) is 5.02 Å². The number of sulfonamides is 1. The molecular formula is C26H27ClN4O4S2. The van der Waals surface area contributed by atoms with E-state index in [-0.39, 0.29) is 16.5 Å². The minimum atomic E-state index is -3.80. The summed E-state index contributed by atoms with van der Waals surface area (Å²) < 4.78 is 34.3. The standard InChI is InChI=1S/C26H27ClN4O4S2/c1-30(2)15-8-16-31(26-28-23-22(35-3)14-13-21(27)24(23)36-26)25(32)18-9-7-10-19(17-18)29-37(33,34)20-11-5-4-6-12-20/h4-7,9-14,17,29H,8,15-16H2,1-3H3. The summed E-state index contributed by atoms with van der Waals surface area (Å²) in [5, 5.41) is 1.01. The van der Waals surface area contributed by atoms with E-state index < -0.39 is 10.0 Å². The Kier molecular flexibility index (Phi) is 8.33. The zero-order valence-electron chi connectivity index (χ0n) is 20.6. The fourth-order valence-electron chi connectivity index (χ4n) is 3.74. The third kappa shape index (κ3) is 6.22. The fourth-order valence-corrected chi connectivity index (χ4v) is 6.09. The molecule has 0 spiro atoms. The van der Waals surface area contributed by atoms with Gasteiger partial charge in [0, 0.05) is 17.8 Å². The number of nitrogens with one attached hydrogen (secondary N) is 1. The summed E-state index contributed by atoms with van der Waals surface area (Å²) in [6.45, 7) is 1.19. The highest BCUT2D eigenvalue weighted by Crippen LogP contribution is 2.39. The summed E-state index contributed by atoms with van der Waals surface area (Å²) in [5.41, 5.74) is 1.21. The van der Waals surface area contributed by atoms with Gasteiger partial charge in [-0.05, 0) is 69.5 Å². The molecule has 0 aliphatic heterocycles. The van der Waals surface area contributed by atoms with Crippen molar-refractivity contribution in [2.75, 3.05) is 43.9 Å². The van der Waals surface area contributed by atoms with Crippen molar-refractivity contribution in [3.05, 3.63) is 77.3 Å². The maximum Gasteiger partial charge on any atom is 0.261 e. The Balaban J connectivity index is 1.68. The van der Waals surface area contributed by atoms with E-state index in [1.165, 1.54) is 29.5 Å². The van der Waals surface area contributed by atoms with Gasteiger partial charge in [0.15, 0.2) is 5.13 Å². The van der Waals surface area contributed by atoms with Crippen LogP contribution in [0.5, 0.6) is 5.75 Å². The Bertz CT molecular complexity index is 1510. The van der Waals surface area contributed by atoms with E-state index in [4.69, 9.17) is 21.3 Å². The Morgan fingerprint density at radius 3 is 2.51 bits per heavy atom. The number of anilines is 2. The van der Waals surface area contributed by atoms with Crippen molar-refractivity contribution in [3.8, 4) is 5.75 Å². The van der Waals surface area contributed by atoms with Crippen LogP contribution in [0.25, 0.3) is 10.2 Å². The van der Waals surface area contributed by atoms with E-state index in [0.717, 1.165) is 11.2 Å². The number of ether oxygens (including phenoxy) is 1.